The van der Waals surface area contributed by atoms with E-state index < -0.39 is 24.4 Å². The molecule has 176 valence electrons. The number of Topliss-reactive ketones (excluding diaryl/α,β-unsaturated/α-hetero) is 1. The number of fused-ring (bicyclic) bond motifs is 1. The summed E-state index contributed by atoms with van der Waals surface area (Å²) in [5.74, 6) is -1.49. The van der Waals surface area contributed by atoms with Crippen LogP contribution in [0.5, 0.6) is 0 Å². The van der Waals surface area contributed by atoms with Gasteiger partial charge in [-0.25, -0.2) is 4.79 Å². The van der Waals surface area contributed by atoms with Gasteiger partial charge >= 0.3 is 5.97 Å². The van der Waals surface area contributed by atoms with Gasteiger partial charge in [0.15, 0.2) is 6.61 Å². The molecular formula is C26H28N4O4. The average Bonchev–Trinajstić information content (AvgIpc) is 3.07. The number of rotatable bonds is 8. The number of nitriles is 1. The first-order valence-corrected chi connectivity index (χ1v) is 11.0. The molecule has 0 aromatic heterocycles. The molecule has 1 aliphatic heterocycles. The predicted molar refractivity (Wildman–Crippen MR) is 129 cm³/mol. The van der Waals surface area contributed by atoms with Crippen molar-refractivity contribution < 1.29 is 19.1 Å². The second-order valence-corrected chi connectivity index (χ2v) is 8.40. The fourth-order valence-electron chi connectivity index (χ4n) is 3.86. The molecule has 1 amide bonds. The number of anilines is 2. The van der Waals surface area contributed by atoms with Crippen LogP contribution in [0.15, 0.2) is 66.0 Å². The zero-order valence-electron chi connectivity index (χ0n) is 19.7. The number of hydrogen-bond acceptors (Lipinski definition) is 7. The van der Waals surface area contributed by atoms with E-state index in [1.807, 2.05) is 60.7 Å². The standard InChI is InChI=1S/C26H28N4O4/c1-17(2)24(28-23(32)14-18-10-6-5-7-11-18)26(33)34-16-22(31)19(15-27)25-29(3)20-12-8-9-13-21(20)30(25)4/h5-13,17,24H,14,16H2,1-4H3,(H,28,32)/t24-/m0/s1. The number of benzene rings is 2. The molecule has 1 aliphatic rings. The predicted octanol–water partition coefficient (Wildman–Crippen LogP) is 2.80. The minimum absolute atomic E-state index is 0.108. The van der Waals surface area contributed by atoms with Gasteiger partial charge in [0.1, 0.15) is 23.5 Å². The minimum atomic E-state index is -0.914. The van der Waals surface area contributed by atoms with Crippen molar-refractivity contribution in [1.82, 2.24) is 5.32 Å². The van der Waals surface area contributed by atoms with Crippen LogP contribution < -0.4 is 15.1 Å². The molecule has 0 saturated heterocycles. The van der Waals surface area contributed by atoms with Crippen LogP contribution in [0.1, 0.15) is 19.4 Å². The lowest BCUT2D eigenvalue weighted by atomic mass is 10.0. The molecule has 0 unspecified atom stereocenters. The Kier molecular flexibility index (Phi) is 7.69. The molecule has 8 heteroatoms. The van der Waals surface area contributed by atoms with Crippen molar-refractivity contribution >= 4 is 29.0 Å². The molecule has 1 atom stereocenters. The third kappa shape index (κ3) is 5.26. The lowest BCUT2D eigenvalue weighted by molar-refractivity contribution is -0.151. The molecule has 2 aromatic rings. The highest BCUT2D eigenvalue weighted by Gasteiger charge is 2.32. The van der Waals surface area contributed by atoms with Crippen molar-refractivity contribution in [3.05, 3.63) is 71.6 Å². The summed E-state index contributed by atoms with van der Waals surface area (Å²) in [6, 6.07) is 17.8. The molecule has 34 heavy (non-hydrogen) atoms. The first-order valence-electron chi connectivity index (χ1n) is 11.0. The van der Waals surface area contributed by atoms with Crippen molar-refractivity contribution in [3.63, 3.8) is 0 Å². The molecule has 0 fully saturated rings. The summed E-state index contributed by atoms with van der Waals surface area (Å²) in [7, 11) is 3.54. The maximum atomic E-state index is 12.9. The molecule has 0 saturated carbocycles. The summed E-state index contributed by atoms with van der Waals surface area (Å²) in [6.07, 6.45) is 0.125. The van der Waals surface area contributed by atoms with E-state index in [0.29, 0.717) is 5.82 Å². The second-order valence-electron chi connectivity index (χ2n) is 8.40. The van der Waals surface area contributed by atoms with Crippen LogP contribution in [0.4, 0.5) is 11.4 Å². The Morgan fingerprint density at radius 2 is 1.53 bits per heavy atom. The molecule has 3 rings (SSSR count). The van der Waals surface area contributed by atoms with E-state index in [1.54, 1.807) is 37.7 Å². The maximum absolute atomic E-state index is 12.9. The fraction of sp³-hybridized carbons (Fsp3) is 0.308. The van der Waals surface area contributed by atoms with Gasteiger partial charge in [0, 0.05) is 14.1 Å². The molecule has 8 nitrogen and oxygen atoms in total. The summed E-state index contributed by atoms with van der Waals surface area (Å²) in [4.78, 5) is 41.5. The molecule has 0 aliphatic carbocycles. The fourth-order valence-corrected chi connectivity index (χ4v) is 3.86. The van der Waals surface area contributed by atoms with E-state index >= 15 is 0 Å². The minimum Gasteiger partial charge on any atom is -0.456 e. The molecular weight excluding hydrogens is 432 g/mol. The normalized spacial score (nSPS) is 13.2. The number of amides is 1. The van der Waals surface area contributed by atoms with E-state index in [2.05, 4.69) is 5.32 Å². The lowest BCUT2D eigenvalue weighted by Gasteiger charge is -2.22. The van der Waals surface area contributed by atoms with Gasteiger partial charge < -0.3 is 19.9 Å². The number of hydrogen-bond donors (Lipinski definition) is 1. The monoisotopic (exact) mass is 460 g/mol. The van der Waals surface area contributed by atoms with Gasteiger partial charge in [-0.1, -0.05) is 56.3 Å². The van der Waals surface area contributed by atoms with Gasteiger partial charge in [-0.2, -0.15) is 5.26 Å². The number of carbonyl (C=O) groups is 3. The van der Waals surface area contributed by atoms with Crippen LogP contribution in [-0.2, 0) is 25.5 Å². The highest BCUT2D eigenvalue weighted by molar-refractivity contribution is 6.04. The van der Waals surface area contributed by atoms with Gasteiger partial charge in [0.05, 0.1) is 17.8 Å². The Balaban J connectivity index is 1.67. The van der Waals surface area contributed by atoms with Crippen LogP contribution in [-0.4, -0.2) is 44.4 Å². The van der Waals surface area contributed by atoms with E-state index in [1.165, 1.54) is 0 Å². The number of para-hydroxylation sites is 2. The molecule has 0 radical (unpaired) electrons. The number of ether oxygens (including phenoxy) is 1. The van der Waals surface area contributed by atoms with Gasteiger partial charge in [-0.05, 0) is 23.6 Å². The van der Waals surface area contributed by atoms with E-state index in [4.69, 9.17) is 4.74 Å². The highest BCUT2D eigenvalue weighted by atomic mass is 16.5. The Hall–Kier alpha value is -4.12. The number of ketones is 1. The topological polar surface area (TPSA) is 103 Å². The van der Waals surface area contributed by atoms with Crippen molar-refractivity contribution in [1.29, 1.82) is 5.26 Å². The van der Waals surface area contributed by atoms with Crippen LogP contribution in [0.2, 0.25) is 0 Å². The third-order valence-corrected chi connectivity index (χ3v) is 5.64. The summed E-state index contributed by atoms with van der Waals surface area (Å²) in [5.41, 5.74) is 2.43. The molecule has 1 N–H and O–H groups in total. The zero-order valence-corrected chi connectivity index (χ0v) is 19.7. The van der Waals surface area contributed by atoms with Crippen LogP contribution >= 0.6 is 0 Å². The van der Waals surface area contributed by atoms with Gasteiger partial charge in [0.25, 0.3) is 0 Å². The van der Waals surface area contributed by atoms with Crippen LogP contribution in [0.3, 0.4) is 0 Å². The molecule has 0 spiro atoms. The molecule has 2 aromatic carbocycles. The van der Waals surface area contributed by atoms with Gasteiger partial charge in [-0.15, -0.1) is 0 Å². The maximum Gasteiger partial charge on any atom is 0.329 e. The Labute approximate surface area is 199 Å². The smallest absolute Gasteiger partial charge is 0.329 e. The molecule has 0 bridgehead atoms. The van der Waals surface area contributed by atoms with Crippen LogP contribution in [0, 0.1) is 17.2 Å². The summed E-state index contributed by atoms with van der Waals surface area (Å²) >= 11 is 0. The van der Waals surface area contributed by atoms with Crippen molar-refractivity contribution in [2.75, 3.05) is 30.5 Å². The summed E-state index contributed by atoms with van der Waals surface area (Å²) in [5, 5.41) is 12.4. The largest absolute Gasteiger partial charge is 0.456 e. The highest BCUT2D eigenvalue weighted by Crippen LogP contribution is 2.40. The van der Waals surface area contributed by atoms with Gasteiger partial charge in [-0.3, -0.25) is 9.59 Å². The van der Waals surface area contributed by atoms with Gasteiger partial charge in [0.2, 0.25) is 11.7 Å². The Bertz CT molecular complexity index is 1120. The van der Waals surface area contributed by atoms with Crippen LogP contribution in [0.25, 0.3) is 0 Å². The first kappa shape index (κ1) is 24.5. The van der Waals surface area contributed by atoms with E-state index in [0.717, 1.165) is 16.9 Å². The number of esters is 1. The quantitative estimate of drug-likeness (QED) is 0.367. The first-order chi connectivity index (χ1) is 16.2. The van der Waals surface area contributed by atoms with Crippen molar-refractivity contribution in [2.24, 2.45) is 5.92 Å². The molecule has 1 heterocycles. The number of nitrogens with zero attached hydrogens (tertiary/aromatic N) is 3. The summed E-state index contributed by atoms with van der Waals surface area (Å²) in [6.45, 7) is 2.96. The zero-order chi connectivity index (χ0) is 24.8. The Morgan fingerprint density at radius 3 is 2.06 bits per heavy atom. The van der Waals surface area contributed by atoms with Crippen molar-refractivity contribution in [3.8, 4) is 6.07 Å². The third-order valence-electron chi connectivity index (χ3n) is 5.64. The van der Waals surface area contributed by atoms with Crippen molar-refractivity contribution in [2.45, 2.75) is 26.3 Å². The SMILES string of the molecule is CC(C)[C@H](NC(=O)Cc1ccccc1)C(=O)OCC(=O)C(C#N)=C1N(C)c2ccccc2N1C. The lowest BCUT2D eigenvalue weighted by Crippen LogP contribution is -2.46. The average molecular weight is 461 g/mol. The summed E-state index contributed by atoms with van der Waals surface area (Å²) < 4.78 is 5.24. The second kappa shape index (κ2) is 10.7. The number of nitrogens with one attached hydrogen (secondary N) is 1. The number of carbonyl (C=O) groups excluding carboxylic acids is 3. The van der Waals surface area contributed by atoms with E-state index in [-0.39, 0.29) is 23.8 Å². The van der Waals surface area contributed by atoms with E-state index in [9.17, 15) is 19.6 Å². The Morgan fingerprint density at radius 1 is 0.971 bits per heavy atom.